The maximum atomic E-state index is 12.0. The lowest BCUT2D eigenvalue weighted by Gasteiger charge is -2.24. The molecule has 1 aromatic carbocycles. The van der Waals surface area contributed by atoms with E-state index in [1.54, 1.807) is 0 Å². The number of benzene rings is 1. The Balaban J connectivity index is 1.70. The van der Waals surface area contributed by atoms with Gasteiger partial charge in [-0.3, -0.25) is 15.0 Å². The molecule has 0 aromatic heterocycles. The number of likely N-dealkylation sites (tertiary alicyclic amines) is 1. The van der Waals surface area contributed by atoms with Gasteiger partial charge in [0.1, 0.15) is 0 Å². The Labute approximate surface area is 141 Å². The molecule has 2 N–H and O–H groups in total. The molecule has 24 heavy (non-hydrogen) atoms. The zero-order valence-electron chi connectivity index (χ0n) is 13.8. The highest BCUT2D eigenvalue weighted by Crippen LogP contribution is 2.37. The van der Waals surface area contributed by atoms with Gasteiger partial charge in [-0.25, -0.2) is 4.79 Å². The zero-order valence-corrected chi connectivity index (χ0v) is 13.8. The molecule has 1 atom stereocenters. The molecular weight excluding hydrogens is 310 g/mol. The lowest BCUT2D eigenvalue weighted by molar-refractivity contribution is -0.121. The van der Waals surface area contributed by atoms with Crippen molar-refractivity contribution in [3.63, 3.8) is 0 Å². The summed E-state index contributed by atoms with van der Waals surface area (Å²) in [5.41, 5.74) is 1.12. The number of carbonyl (C=O) groups is 2. The van der Waals surface area contributed by atoms with Gasteiger partial charge in [-0.1, -0.05) is 6.07 Å². The van der Waals surface area contributed by atoms with Crippen molar-refractivity contribution in [1.29, 1.82) is 0 Å². The number of urea groups is 1. The Kier molecular flexibility index (Phi) is 5.20. The van der Waals surface area contributed by atoms with Crippen LogP contribution in [0.25, 0.3) is 0 Å². The van der Waals surface area contributed by atoms with Gasteiger partial charge in [0.15, 0.2) is 11.5 Å². The molecule has 1 fully saturated rings. The first-order valence-corrected chi connectivity index (χ1v) is 8.32. The quantitative estimate of drug-likeness (QED) is 0.875. The Morgan fingerprint density at radius 2 is 2.00 bits per heavy atom. The third kappa shape index (κ3) is 3.79. The number of fused-ring (bicyclic) bond motifs is 1. The number of rotatable bonds is 3. The standard InChI is InChI=1S/C17H23N3O4/c1-18-17(22)19-16(21)11-20-7-2-4-13(20)12-5-6-14-15(10-12)24-9-3-8-23-14/h5-6,10,13H,2-4,7-9,11H2,1H3,(H2,18,19,21,22). The summed E-state index contributed by atoms with van der Waals surface area (Å²) < 4.78 is 11.4. The van der Waals surface area contributed by atoms with Crippen molar-refractivity contribution < 1.29 is 19.1 Å². The lowest BCUT2D eigenvalue weighted by Crippen LogP contribution is -2.43. The monoisotopic (exact) mass is 333 g/mol. The number of hydrogen-bond acceptors (Lipinski definition) is 5. The van der Waals surface area contributed by atoms with Crippen LogP contribution >= 0.6 is 0 Å². The Morgan fingerprint density at radius 1 is 1.21 bits per heavy atom. The normalized spacial score (nSPS) is 20.3. The van der Waals surface area contributed by atoms with E-state index in [4.69, 9.17) is 9.47 Å². The van der Waals surface area contributed by atoms with E-state index in [1.807, 2.05) is 18.2 Å². The highest BCUT2D eigenvalue weighted by atomic mass is 16.5. The van der Waals surface area contributed by atoms with Crippen LogP contribution in [0.2, 0.25) is 0 Å². The van der Waals surface area contributed by atoms with Crippen molar-refractivity contribution in [3.8, 4) is 11.5 Å². The summed E-state index contributed by atoms with van der Waals surface area (Å²) in [5.74, 6) is 1.25. The fourth-order valence-electron chi connectivity index (χ4n) is 3.19. The van der Waals surface area contributed by atoms with Crippen molar-refractivity contribution >= 4 is 11.9 Å². The number of amides is 3. The summed E-state index contributed by atoms with van der Waals surface area (Å²) in [6.07, 6.45) is 2.87. The second-order valence-electron chi connectivity index (χ2n) is 6.01. The molecule has 0 bridgehead atoms. The third-order valence-corrected chi connectivity index (χ3v) is 4.35. The predicted molar refractivity (Wildman–Crippen MR) is 88.2 cm³/mol. The van der Waals surface area contributed by atoms with E-state index in [1.165, 1.54) is 7.05 Å². The SMILES string of the molecule is CNC(=O)NC(=O)CN1CCCC1c1ccc2c(c1)OCCCO2. The van der Waals surface area contributed by atoms with E-state index < -0.39 is 6.03 Å². The van der Waals surface area contributed by atoms with Crippen LogP contribution in [0.5, 0.6) is 11.5 Å². The molecule has 0 aliphatic carbocycles. The average molecular weight is 333 g/mol. The maximum absolute atomic E-state index is 12.0. The molecule has 3 amide bonds. The van der Waals surface area contributed by atoms with E-state index in [2.05, 4.69) is 15.5 Å². The largest absolute Gasteiger partial charge is 0.490 e. The topological polar surface area (TPSA) is 79.9 Å². The molecular formula is C17H23N3O4. The fourth-order valence-corrected chi connectivity index (χ4v) is 3.19. The van der Waals surface area contributed by atoms with Crippen LogP contribution < -0.4 is 20.1 Å². The van der Waals surface area contributed by atoms with Gasteiger partial charge in [-0.05, 0) is 37.1 Å². The molecule has 0 spiro atoms. The van der Waals surface area contributed by atoms with Crippen molar-refractivity contribution in [2.24, 2.45) is 0 Å². The molecule has 7 heteroatoms. The van der Waals surface area contributed by atoms with Gasteiger partial charge in [0.05, 0.1) is 19.8 Å². The van der Waals surface area contributed by atoms with Gasteiger partial charge in [-0.2, -0.15) is 0 Å². The Bertz CT molecular complexity index is 620. The molecule has 1 unspecified atom stereocenters. The molecule has 0 radical (unpaired) electrons. The smallest absolute Gasteiger partial charge is 0.321 e. The number of nitrogens with one attached hydrogen (secondary N) is 2. The summed E-state index contributed by atoms with van der Waals surface area (Å²) in [6, 6.07) is 5.66. The summed E-state index contributed by atoms with van der Waals surface area (Å²) in [5, 5.41) is 4.70. The van der Waals surface area contributed by atoms with Gasteiger partial charge in [0.2, 0.25) is 5.91 Å². The molecule has 0 saturated carbocycles. The predicted octanol–water partition coefficient (Wildman–Crippen LogP) is 1.44. The van der Waals surface area contributed by atoms with Gasteiger partial charge in [0.25, 0.3) is 0 Å². The molecule has 130 valence electrons. The van der Waals surface area contributed by atoms with Gasteiger partial charge >= 0.3 is 6.03 Å². The maximum Gasteiger partial charge on any atom is 0.321 e. The van der Waals surface area contributed by atoms with Crippen LogP contribution in [0.3, 0.4) is 0 Å². The first kappa shape index (κ1) is 16.6. The molecule has 2 aliphatic rings. The molecule has 1 aromatic rings. The number of carbonyl (C=O) groups excluding carboxylic acids is 2. The van der Waals surface area contributed by atoms with Crippen LogP contribution in [0.4, 0.5) is 4.79 Å². The van der Waals surface area contributed by atoms with Crippen molar-refractivity contribution in [2.75, 3.05) is 33.4 Å². The average Bonchev–Trinajstić information content (AvgIpc) is 2.90. The van der Waals surface area contributed by atoms with Gasteiger partial charge in [-0.15, -0.1) is 0 Å². The third-order valence-electron chi connectivity index (χ3n) is 4.35. The molecule has 3 rings (SSSR count). The Hall–Kier alpha value is -2.28. The minimum absolute atomic E-state index is 0.151. The van der Waals surface area contributed by atoms with E-state index in [0.29, 0.717) is 13.2 Å². The highest BCUT2D eigenvalue weighted by molar-refractivity contribution is 5.95. The van der Waals surface area contributed by atoms with Crippen molar-refractivity contribution in [1.82, 2.24) is 15.5 Å². The number of hydrogen-bond donors (Lipinski definition) is 2. The van der Waals surface area contributed by atoms with Gasteiger partial charge in [0, 0.05) is 19.5 Å². The van der Waals surface area contributed by atoms with Crippen LogP contribution in [-0.2, 0) is 4.79 Å². The Morgan fingerprint density at radius 3 is 2.79 bits per heavy atom. The second-order valence-corrected chi connectivity index (χ2v) is 6.01. The molecule has 7 nitrogen and oxygen atoms in total. The number of ether oxygens (including phenoxy) is 2. The summed E-state index contributed by atoms with van der Waals surface area (Å²) >= 11 is 0. The van der Waals surface area contributed by atoms with Crippen LogP contribution in [0.15, 0.2) is 18.2 Å². The molecule has 2 heterocycles. The second kappa shape index (κ2) is 7.53. The van der Waals surface area contributed by atoms with E-state index >= 15 is 0 Å². The number of nitrogens with zero attached hydrogens (tertiary/aromatic N) is 1. The molecule has 2 aliphatic heterocycles. The van der Waals surface area contributed by atoms with E-state index in [-0.39, 0.29) is 18.5 Å². The summed E-state index contributed by atoms with van der Waals surface area (Å²) in [6.45, 7) is 2.35. The van der Waals surface area contributed by atoms with Crippen LogP contribution in [-0.4, -0.2) is 50.2 Å². The summed E-state index contributed by atoms with van der Waals surface area (Å²) in [7, 11) is 1.49. The lowest BCUT2D eigenvalue weighted by atomic mass is 10.0. The summed E-state index contributed by atoms with van der Waals surface area (Å²) in [4.78, 5) is 25.3. The fraction of sp³-hybridized carbons (Fsp3) is 0.529. The van der Waals surface area contributed by atoms with E-state index in [9.17, 15) is 9.59 Å². The number of imide groups is 1. The minimum Gasteiger partial charge on any atom is -0.490 e. The van der Waals surface area contributed by atoms with E-state index in [0.717, 1.165) is 42.9 Å². The zero-order chi connectivity index (χ0) is 16.9. The van der Waals surface area contributed by atoms with Crippen LogP contribution in [0.1, 0.15) is 30.9 Å². The first-order chi connectivity index (χ1) is 11.7. The van der Waals surface area contributed by atoms with Gasteiger partial charge < -0.3 is 14.8 Å². The highest BCUT2D eigenvalue weighted by Gasteiger charge is 2.28. The van der Waals surface area contributed by atoms with Crippen molar-refractivity contribution in [2.45, 2.75) is 25.3 Å². The van der Waals surface area contributed by atoms with Crippen molar-refractivity contribution in [3.05, 3.63) is 23.8 Å². The first-order valence-electron chi connectivity index (χ1n) is 8.32. The van der Waals surface area contributed by atoms with Crippen LogP contribution in [0, 0.1) is 0 Å². The minimum atomic E-state index is -0.480. The molecule has 1 saturated heterocycles.